The Morgan fingerprint density at radius 2 is 2.19 bits per heavy atom. The van der Waals surface area contributed by atoms with E-state index in [1.165, 1.54) is 30.6 Å². The molecule has 0 bridgehead atoms. The number of carbonyl (C=O) groups is 2. The zero-order chi connectivity index (χ0) is 15.4. The number of aliphatic carboxylic acids is 1. The second-order valence-electron chi connectivity index (χ2n) is 5.47. The Bertz CT molecular complexity index is 558. The second kappa shape index (κ2) is 6.89. The maximum atomic E-state index is 12.6. The highest BCUT2D eigenvalue weighted by Crippen LogP contribution is 2.29. The van der Waals surface area contributed by atoms with Crippen molar-refractivity contribution in [2.75, 3.05) is 13.1 Å². The van der Waals surface area contributed by atoms with Crippen molar-refractivity contribution in [3.05, 3.63) is 27.5 Å². The number of hydrogen-bond donors (Lipinski definition) is 1. The van der Waals surface area contributed by atoms with Gasteiger partial charge >= 0.3 is 5.97 Å². The van der Waals surface area contributed by atoms with Crippen LogP contribution in [-0.2, 0) is 4.79 Å². The topological polar surface area (TPSA) is 57.6 Å². The van der Waals surface area contributed by atoms with Gasteiger partial charge in [0.25, 0.3) is 5.91 Å². The van der Waals surface area contributed by atoms with E-state index in [1.54, 1.807) is 6.08 Å². The molecule has 0 atom stereocenters. The van der Waals surface area contributed by atoms with Crippen LogP contribution in [0.5, 0.6) is 0 Å². The molecule has 2 rings (SSSR count). The Morgan fingerprint density at radius 1 is 1.48 bits per heavy atom. The predicted molar refractivity (Wildman–Crippen MR) is 84.6 cm³/mol. The lowest BCUT2D eigenvalue weighted by Crippen LogP contribution is -2.36. The first-order valence-corrected chi connectivity index (χ1v) is 8.13. The fraction of sp³-hybridized carbons (Fsp3) is 0.500. The fourth-order valence-corrected chi connectivity index (χ4v) is 3.46. The van der Waals surface area contributed by atoms with Crippen LogP contribution in [0, 0.1) is 12.8 Å². The van der Waals surface area contributed by atoms with E-state index in [0.717, 1.165) is 23.1 Å². The molecule has 1 N–H and O–H groups in total. The number of carboxylic acids is 1. The summed E-state index contributed by atoms with van der Waals surface area (Å²) in [5.41, 5.74) is 0.945. The normalized spacial score (nSPS) is 15.1. The molecule has 1 aromatic rings. The Kier molecular flexibility index (Phi) is 5.17. The van der Waals surface area contributed by atoms with Crippen molar-refractivity contribution in [1.82, 2.24) is 4.90 Å². The summed E-state index contributed by atoms with van der Waals surface area (Å²) < 4.78 is 0. The highest BCUT2D eigenvalue weighted by molar-refractivity contribution is 7.15. The van der Waals surface area contributed by atoms with Crippen molar-refractivity contribution in [3.8, 4) is 0 Å². The van der Waals surface area contributed by atoms with E-state index in [-0.39, 0.29) is 5.91 Å². The van der Waals surface area contributed by atoms with Gasteiger partial charge in [0.15, 0.2) is 0 Å². The van der Waals surface area contributed by atoms with Crippen LogP contribution in [0.15, 0.2) is 12.1 Å². The van der Waals surface area contributed by atoms with Crippen molar-refractivity contribution >= 4 is 29.3 Å². The molecular weight excluding hydrogens is 286 g/mol. The summed E-state index contributed by atoms with van der Waals surface area (Å²) in [6.07, 6.45) is 6.39. The van der Waals surface area contributed by atoms with Gasteiger partial charge in [-0.25, -0.2) is 4.79 Å². The van der Waals surface area contributed by atoms with Crippen LogP contribution in [0.4, 0.5) is 0 Å². The minimum absolute atomic E-state index is 0.0625. The molecule has 0 aliphatic heterocycles. The number of carboxylic acid groups (broad SMARTS) is 1. The molecule has 114 valence electrons. The van der Waals surface area contributed by atoms with Crippen LogP contribution in [0.2, 0.25) is 0 Å². The van der Waals surface area contributed by atoms with Gasteiger partial charge in [-0.1, -0.05) is 6.42 Å². The molecule has 1 saturated carbocycles. The first-order valence-electron chi connectivity index (χ1n) is 7.32. The molecule has 1 heterocycles. The summed E-state index contributed by atoms with van der Waals surface area (Å²) in [7, 11) is 0. The Morgan fingerprint density at radius 3 is 2.71 bits per heavy atom. The SMILES string of the molecule is CCN(CC1CCC1)C(=O)c1cc(C)c(/C=C/C(=O)O)s1. The quantitative estimate of drug-likeness (QED) is 0.819. The summed E-state index contributed by atoms with van der Waals surface area (Å²) in [6.45, 7) is 5.46. The third-order valence-electron chi connectivity index (χ3n) is 3.92. The van der Waals surface area contributed by atoms with Crippen LogP contribution in [-0.4, -0.2) is 35.0 Å². The van der Waals surface area contributed by atoms with Crippen LogP contribution in [0.3, 0.4) is 0 Å². The average molecular weight is 307 g/mol. The van der Waals surface area contributed by atoms with Crippen LogP contribution in [0.1, 0.15) is 46.3 Å². The standard InChI is InChI=1S/C16H21NO3S/c1-3-17(10-12-5-4-6-12)16(20)14-9-11(2)13(21-14)7-8-15(18)19/h7-9,12H,3-6,10H2,1-2H3,(H,18,19)/b8-7+. The van der Waals surface area contributed by atoms with E-state index in [2.05, 4.69) is 0 Å². The van der Waals surface area contributed by atoms with E-state index < -0.39 is 5.97 Å². The van der Waals surface area contributed by atoms with Gasteiger partial charge in [0, 0.05) is 24.0 Å². The molecular formula is C16H21NO3S. The number of carbonyl (C=O) groups excluding carboxylic acids is 1. The number of nitrogens with zero attached hydrogens (tertiary/aromatic N) is 1. The van der Waals surface area contributed by atoms with Gasteiger partial charge in [0.1, 0.15) is 0 Å². The molecule has 0 unspecified atom stereocenters. The minimum atomic E-state index is -0.976. The molecule has 0 aromatic carbocycles. The largest absolute Gasteiger partial charge is 0.478 e. The molecule has 4 nitrogen and oxygen atoms in total. The third kappa shape index (κ3) is 3.94. The first-order chi connectivity index (χ1) is 10.0. The fourth-order valence-electron chi connectivity index (χ4n) is 2.41. The molecule has 1 fully saturated rings. The smallest absolute Gasteiger partial charge is 0.328 e. The molecule has 1 aliphatic carbocycles. The van der Waals surface area contributed by atoms with E-state index in [1.807, 2.05) is 24.8 Å². The number of thiophene rings is 1. The third-order valence-corrected chi connectivity index (χ3v) is 5.11. The lowest BCUT2D eigenvalue weighted by molar-refractivity contribution is -0.131. The van der Waals surface area contributed by atoms with Gasteiger partial charge in [-0.3, -0.25) is 4.79 Å². The first kappa shape index (κ1) is 15.8. The van der Waals surface area contributed by atoms with Gasteiger partial charge in [-0.05, 0) is 50.3 Å². The number of aryl methyl sites for hydroxylation is 1. The Labute approximate surface area is 129 Å². The predicted octanol–water partition coefficient (Wildman–Crippen LogP) is 3.42. The highest BCUT2D eigenvalue weighted by Gasteiger charge is 2.24. The van der Waals surface area contributed by atoms with Crippen molar-refractivity contribution in [1.29, 1.82) is 0 Å². The summed E-state index contributed by atoms with van der Waals surface area (Å²) in [4.78, 5) is 26.6. The van der Waals surface area contributed by atoms with Crippen molar-refractivity contribution in [2.24, 2.45) is 5.92 Å². The lowest BCUT2D eigenvalue weighted by atomic mass is 9.85. The molecule has 1 aliphatic rings. The minimum Gasteiger partial charge on any atom is -0.478 e. The monoisotopic (exact) mass is 307 g/mol. The Hall–Kier alpha value is -1.62. The summed E-state index contributed by atoms with van der Waals surface area (Å²) in [5.74, 6) is -0.260. The molecule has 21 heavy (non-hydrogen) atoms. The zero-order valence-corrected chi connectivity index (χ0v) is 13.3. The second-order valence-corrected chi connectivity index (χ2v) is 6.55. The van der Waals surface area contributed by atoms with Crippen molar-refractivity contribution in [2.45, 2.75) is 33.1 Å². The number of hydrogen-bond acceptors (Lipinski definition) is 3. The van der Waals surface area contributed by atoms with Gasteiger partial charge in [-0.2, -0.15) is 0 Å². The van der Waals surface area contributed by atoms with E-state index >= 15 is 0 Å². The van der Waals surface area contributed by atoms with Crippen LogP contribution in [0.25, 0.3) is 6.08 Å². The van der Waals surface area contributed by atoms with E-state index in [9.17, 15) is 9.59 Å². The zero-order valence-electron chi connectivity index (χ0n) is 12.5. The molecule has 1 amide bonds. The summed E-state index contributed by atoms with van der Waals surface area (Å²) in [6, 6.07) is 1.86. The highest BCUT2D eigenvalue weighted by atomic mass is 32.1. The molecule has 5 heteroatoms. The molecule has 1 aromatic heterocycles. The summed E-state index contributed by atoms with van der Waals surface area (Å²) >= 11 is 1.36. The molecule has 0 saturated heterocycles. The van der Waals surface area contributed by atoms with Crippen molar-refractivity contribution in [3.63, 3.8) is 0 Å². The van der Waals surface area contributed by atoms with Gasteiger partial charge in [0.2, 0.25) is 0 Å². The van der Waals surface area contributed by atoms with Gasteiger partial charge < -0.3 is 10.0 Å². The van der Waals surface area contributed by atoms with Crippen LogP contribution >= 0.6 is 11.3 Å². The number of rotatable bonds is 6. The average Bonchev–Trinajstić information content (AvgIpc) is 2.76. The maximum Gasteiger partial charge on any atom is 0.328 e. The summed E-state index contributed by atoms with van der Waals surface area (Å²) in [5, 5.41) is 8.68. The Balaban J connectivity index is 2.10. The van der Waals surface area contributed by atoms with Crippen molar-refractivity contribution < 1.29 is 14.7 Å². The molecule has 0 spiro atoms. The van der Waals surface area contributed by atoms with Crippen LogP contribution < -0.4 is 0 Å². The molecule has 0 radical (unpaired) electrons. The van der Waals surface area contributed by atoms with E-state index in [4.69, 9.17) is 5.11 Å². The van der Waals surface area contributed by atoms with E-state index in [0.29, 0.717) is 17.3 Å². The number of amides is 1. The lowest BCUT2D eigenvalue weighted by Gasteiger charge is -2.31. The van der Waals surface area contributed by atoms with Gasteiger partial charge in [0.05, 0.1) is 4.88 Å². The maximum absolute atomic E-state index is 12.6. The van der Waals surface area contributed by atoms with Gasteiger partial charge in [-0.15, -0.1) is 11.3 Å².